The van der Waals surface area contributed by atoms with Crippen molar-refractivity contribution in [1.82, 2.24) is 35.1 Å². The maximum Gasteiger partial charge on any atom is 0.253 e. The molecule has 5 aromatic rings. The number of hydrogen-bond donors (Lipinski definition) is 1. The summed E-state index contributed by atoms with van der Waals surface area (Å²) in [7, 11) is 1.64. The van der Waals surface area contributed by atoms with Crippen LogP contribution in [0.15, 0.2) is 83.9 Å². The second-order valence-corrected chi connectivity index (χ2v) is 10.4. The lowest BCUT2D eigenvalue weighted by atomic mass is 9.95. The summed E-state index contributed by atoms with van der Waals surface area (Å²) in [6.45, 7) is 1.15. The molecule has 9 heteroatoms. The molecule has 0 spiro atoms. The normalized spacial score (nSPS) is 14.9. The standard InChI is InChI=1S/C31H33N7O2/c1-40-26-14-15-28-24(17-26)18-27(31(39)33-28)29(30-34-35-36-38(30)25-12-6-3-7-13-25)37(20-22-9-4-2-5-10-22)21-23-11-8-16-32-19-23/h2,4-5,8-11,14-19,25,29H,3,6-7,12-13,20-21H2,1H3,(H,33,39)/t29-/m0/s1. The molecular formula is C31H33N7O2. The van der Waals surface area contributed by atoms with E-state index in [4.69, 9.17) is 4.74 Å². The van der Waals surface area contributed by atoms with E-state index in [9.17, 15) is 4.79 Å². The monoisotopic (exact) mass is 535 g/mol. The van der Waals surface area contributed by atoms with Crippen LogP contribution in [0.3, 0.4) is 0 Å². The highest BCUT2D eigenvalue weighted by Crippen LogP contribution is 2.34. The number of rotatable bonds is 9. The molecule has 0 unspecified atom stereocenters. The minimum atomic E-state index is -0.503. The van der Waals surface area contributed by atoms with Gasteiger partial charge in [0.2, 0.25) is 0 Å². The molecule has 1 atom stereocenters. The van der Waals surface area contributed by atoms with Crippen molar-refractivity contribution in [2.45, 2.75) is 57.3 Å². The topological polar surface area (TPSA) is 102 Å². The Morgan fingerprint density at radius 1 is 1.00 bits per heavy atom. The lowest BCUT2D eigenvalue weighted by molar-refractivity contribution is 0.186. The summed E-state index contributed by atoms with van der Waals surface area (Å²) in [5.41, 5.74) is 3.35. The number of aromatic nitrogens is 6. The Bertz CT molecular complexity index is 1570. The number of aromatic amines is 1. The number of hydrogen-bond acceptors (Lipinski definition) is 7. The third-order valence-corrected chi connectivity index (χ3v) is 7.76. The van der Waals surface area contributed by atoms with Gasteiger partial charge in [0.05, 0.1) is 13.2 Å². The molecule has 6 rings (SSSR count). The average Bonchev–Trinajstić information content (AvgIpc) is 3.48. The fraction of sp³-hybridized carbons (Fsp3) is 0.323. The highest BCUT2D eigenvalue weighted by atomic mass is 16.5. The first-order valence-electron chi connectivity index (χ1n) is 13.8. The van der Waals surface area contributed by atoms with Gasteiger partial charge in [-0.05, 0) is 64.7 Å². The van der Waals surface area contributed by atoms with Gasteiger partial charge in [-0.1, -0.05) is 55.7 Å². The van der Waals surface area contributed by atoms with Gasteiger partial charge in [0.1, 0.15) is 11.8 Å². The van der Waals surface area contributed by atoms with E-state index in [0.717, 1.165) is 53.5 Å². The van der Waals surface area contributed by atoms with E-state index < -0.39 is 6.04 Å². The SMILES string of the molecule is COc1ccc2[nH]c(=O)c([C@@H](c3nnnn3C3CCCCC3)N(Cc3ccccc3)Cc3cccnc3)cc2c1. The molecule has 1 saturated carbocycles. The van der Waals surface area contributed by atoms with Gasteiger partial charge in [-0.25, -0.2) is 4.68 Å². The minimum Gasteiger partial charge on any atom is -0.497 e. The molecule has 3 heterocycles. The highest BCUT2D eigenvalue weighted by Gasteiger charge is 2.33. The highest BCUT2D eigenvalue weighted by molar-refractivity contribution is 5.80. The van der Waals surface area contributed by atoms with E-state index in [0.29, 0.717) is 24.5 Å². The second kappa shape index (κ2) is 11.8. The number of ether oxygens (including phenoxy) is 1. The molecule has 0 radical (unpaired) electrons. The summed E-state index contributed by atoms with van der Waals surface area (Å²) in [6, 6.07) is 21.6. The molecule has 0 aliphatic heterocycles. The second-order valence-electron chi connectivity index (χ2n) is 10.4. The lowest BCUT2D eigenvalue weighted by Gasteiger charge is -2.32. The van der Waals surface area contributed by atoms with Gasteiger partial charge in [-0.15, -0.1) is 5.10 Å². The predicted molar refractivity (Wildman–Crippen MR) is 153 cm³/mol. The van der Waals surface area contributed by atoms with Crippen molar-refractivity contribution in [2.75, 3.05) is 7.11 Å². The molecule has 9 nitrogen and oxygen atoms in total. The number of nitrogens with one attached hydrogen (secondary N) is 1. The van der Waals surface area contributed by atoms with Gasteiger partial charge in [0.25, 0.3) is 5.56 Å². The number of tetrazole rings is 1. The van der Waals surface area contributed by atoms with Crippen molar-refractivity contribution in [3.63, 3.8) is 0 Å². The lowest BCUT2D eigenvalue weighted by Crippen LogP contribution is -2.35. The number of nitrogens with zero attached hydrogens (tertiary/aromatic N) is 6. The number of benzene rings is 2. The molecule has 2 aromatic carbocycles. The number of methoxy groups -OCH3 is 1. The van der Waals surface area contributed by atoms with Crippen molar-refractivity contribution in [2.24, 2.45) is 0 Å². The van der Waals surface area contributed by atoms with Crippen LogP contribution in [-0.4, -0.2) is 42.2 Å². The number of pyridine rings is 2. The van der Waals surface area contributed by atoms with E-state index in [1.165, 1.54) is 6.42 Å². The van der Waals surface area contributed by atoms with Gasteiger partial charge < -0.3 is 9.72 Å². The van der Waals surface area contributed by atoms with Gasteiger partial charge in [-0.3, -0.25) is 14.7 Å². The summed E-state index contributed by atoms with van der Waals surface area (Å²) >= 11 is 0. The zero-order valence-electron chi connectivity index (χ0n) is 22.6. The Morgan fingerprint density at radius 2 is 1.80 bits per heavy atom. The van der Waals surface area contributed by atoms with Crippen molar-refractivity contribution < 1.29 is 4.74 Å². The largest absolute Gasteiger partial charge is 0.497 e. The molecule has 0 bridgehead atoms. The summed E-state index contributed by atoms with van der Waals surface area (Å²) < 4.78 is 7.46. The quantitative estimate of drug-likeness (QED) is 0.276. The molecule has 1 aliphatic carbocycles. The van der Waals surface area contributed by atoms with E-state index in [1.54, 1.807) is 13.3 Å². The Hall–Kier alpha value is -4.37. The molecule has 3 aromatic heterocycles. The van der Waals surface area contributed by atoms with Crippen molar-refractivity contribution in [3.8, 4) is 5.75 Å². The summed E-state index contributed by atoms with van der Waals surface area (Å²) in [4.78, 5) is 23.5. The summed E-state index contributed by atoms with van der Waals surface area (Å²) in [5, 5.41) is 14.1. The third-order valence-electron chi connectivity index (χ3n) is 7.76. The van der Waals surface area contributed by atoms with Gasteiger partial charge in [-0.2, -0.15) is 0 Å². The van der Waals surface area contributed by atoms with Crippen LogP contribution in [0.25, 0.3) is 10.9 Å². The van der Waals surface area contributed by atoms with Crippen LogP contribution in [0.1, 0.15) is 66.7 Å². The molecule has 1 N–H and O–H groups in total. The smallest absolute Gasteiger partial charge is 0.253 e. The molecule has 40 heavy (non-hydrogen) atoms. The van der Waals surface area contributed by atoms with Crippen molar-refractivity contribution >= 4 is 10.9 Å². The Morgan fingerprint density at radius 3 is 2.58 bits per heavy atom. The van der Waals surface area contributed by atoms with Crippen molar-refractivity contribution in [1.29, 1.82) is 0 Å². The van der Waals surface area contributed by atoms with Crippen LogP contribution in [0.4, 0.5) is 0 Å². The first kappa shape index (κ1) is 25.9. The van der Waals surface area contributed by atoms with E-state index >= 15 is 0 Å². The fourth-order valence-corrected chi connectivity index (χ4v) is 5.78. The summed E-state index contributed by atoms with van der Waals surface area (Å²) in [6.07, 6.45) is 9.21. The van der Waals surface area contributed by atoms with Gasteiger partial charge in [0.15, 0.2) is 5.82 Å². The molecule has 204 valence electrons. The van der Waals surface area contributed by atoms with Crippen LogP contribution in [0.2, 0.25) is 0 Å². The van der Waals surface area contributed by atoms with Crippen LogP contribution in [-0.2, 0) is 13.1 Å². The van der Waals surface area contributed by atoms with Crippen molar-refractivity contribution in [3.05, 3.63) is 112 Å². The molecule has 0 saturated heterocycles. The number of H-pyrrole nitrogens is 1. The zero-order chi connectivity index (χ0) is 27.3. The first-order chi connectivity index (χ1) is 19.7. The Balaban J connectivity index is 1.53. The Labute approximate surface area is 232 Å². The molecule has 0 amide bonds. The molecule has 1 aliphatic rings. The maximum absolute atomic E-state index is 13.8. The van der Waals surface area contributed by atoms with Gasteiger partial charge in [0, 0.05) is 41.9 Å². The van der Waals surface area contributed by atoms with Crippen LogP contribution in [0, 0.1) is 0 Å². The van der Waals surface area contributed by atoms with E-state index in [1.807, 2.05) is 59.4 Å². The molecule has 1 fully saturated rings. The maximum atomic E-state index is 13.8. The predicted octanol–water partition coefficient (Wildman–Crippen LogP) is 5.22. The van der Waals surface area contributed by atoms with Crippen LogP contribution < -0.4 is 10.3 Å². The zero-order valence-corrected chi connectivity index (χ0v) is 22.6. The average molecular weight is 536 g/mol. The van der Waals surface area contributed by atoms with E-state index in [2.05, 4.69) is 48.6 Å². The van der Waals surface area contributed by atoms with Crippen LogP contribution >= 0.6 is 0 Å². The fourth-order valence-electron chi connectivity index (χ4n) is 5.78. The Kier molecular flexibility index (Phi) is 7.63. The first-order valence-corrected chi connectivity index (χ1v) is 13.8. The van der Waals surface area contributed by atoms with Gasteiger partial charge >= 0.3 is 0 Å². The minimum absolute atomic E-state index is 0.162. The third kappa shape index (κ3) is 5.51. The number of fused-ring (bicyclic) bond motifs is 1. The van der Waals surface area contributed by atoms with E-state index in [-0.39, 0.29) is 11.6 Å². The molecular weight excluding hydrogens is 502 g/mol. The van der Waals surface area contributed by atoms with Crippen LogP contribution in [0.5, 0.6) is 5.75 Å². The summed E-state index contributed by atoms with van der Waals surface area (Å²) in [5.74, 6) is 1.41.